The van der Waals surface area contributed by atoms with E-state index in [1.807, 2.05) is 30.3 Å². The highest BCUT2D eigenvalue weighted by molar-refractivity contribution is 7.12. The third-order valence-corrected chi connectivity index (χ3v) is 5.14. The Kier molecular flexibility index (Phi) is 5.47. The molecule has 6 nitrogen and oxygen atoms in total. The molecule has 4 rings (SSSR count). The van der Waals surface area contributed by atoms with Gasteiger partial charge in [0.05, 0.1) is 11.9 Å². The molecule has 0 spiro atoms. The summed E-state index contributed by atoms with van der Waals surface area (Å²) in [5.74, 6) is -1.13. The van der Waals surface area contributed by atoms with Crippen LogP contribution in [0.15, 0.2) is 66.2 Å². The van der Waals surface area contributed by atoms with E-state index in [0.717, 1.165) is 16.9 Å². The Balaban J connectivity index is 1.61. The summed E-state index contributed by atoms with van der Waals surface area (Å²) in [5.41, 5.74) is -0.240. The van der Waals surface area contributed by atoms with E-state index in [9.17, 15) is 18.0 Å². The van der Waals surface area contributed by atoms with Gasteiger partial charge in [0.15, 0.2) is 5.69 Å². The van der Waals surface area contributed by atoms with Crippen molar-refractivity contribution < 1.29 is 27.8 Å². The number of alkyl halides is 3. The zero-order chi connectivity index (χ0) is 22.0. The molecule has 0 fully saturated rings. The molecule has 0 aliphatic carbocycles. The monoisotopic (exact) mass is 445 g/mol. The fourth-order valence-corrected chi connectivity index (χ4v) is 3.70. The van der Waals surface area contributed by atoms with Crippen molar-refractivity contribution in [2.45, 2.75) is 12.8 Å². The maximum absolute atomic E-state index is 13.4. The van der Waals surface area contributed by atoms with Gasteiger partial charge in [-0.3, -0.25) is 0 Å². The first kappa shape index (κ1) is 20.6. The van der Waals surface area contributed by atoms with Crippen LogP contribution in [0.5, 0.6) is 5.75 Å². The van der Waals surface area contributed by atoms with Crippen molar-refractivity contribution in [2.75, 3.05) is 0 Å². The van der Waals surface area contributed by atoms with Crippen LogP contribution in [-0.2, 0) is 12.8 Å². The van der Waals surface area contributed by atoms with E-state index >= 15 is 0 Å². The quantitative estimate of drug-likeness (QED) is 0.436. The molecule has 2 heterocycles. The number of halogens is 3. The van der Waals surface area contributed by atoms with Gasteiger partial charge in [-0.15, -0.1) is 11.3 Å². The predicted molar refractivity (Wildman–Crippen MR) is 107 cm³/mol. The molecule has 0 amide bonds. The molecule has 0 atom stereocenters. The van der Waals surface area contributed by atoms with Crippen molar-refractivity contribution in [2.24, 2.45) is 0 Å². The molecule has 4 aromatic rings. The lowest BCUT2D eigenvalue weighted by atomic mass is 10.1. The van der Waals surface area contributed by atoms with Gasteiger partial charge < -0.3 is 9.84 Å². The average molecular weight is 445 g/mol. The minimum Gasteiger partial charge on any atom is -0.489 e. The van der Waals surface area contributed by atoms with E-state index < -0.39 is 23.4 Å². The molecule has 0 aliphatic rings. The highest BCUT2D eigenvalue weighted by Crippen LogP contribution is 2.35. The number of rotatable bonds is 6. The molecule has 10 heteroatoms. The van der Waals surface area contributed by atoms with E-state index in [0.29, 0.717) is 34.5 Å². The molecule has 0 saturated heterocycles. The molecule has 158 valence electrons. The Hall–Kier alpha value is -3.66. The summed E-state index contributed by atoms with van der Waals surface area (Å²) in [7, 11) is 0. The van der Waals surface area contributed by atoms with Gasteiger partial charge in [-0.1, -0.05) is 42.5 Å². The first-order valence-electron chi connectivity index (χ1n) is 8.94. The molecule has 0 saturated carbocycles. The van der Waals surface area contributed by atoms with Gasteiger partial charge in [0, 0.05) is 10.9 Å². The number of hydrogen-bond donors (Lipinski definition) is 1. The summed E-state index contributed by atoms with van der Waals surface area (Å²) >= 11 is 0.924. The summed E-state index contributed by atoms with van der Waals surface area (Å²) < 4.78 is 46.6. The Morgan fingerprint density at radius 2 is 1.90 bits per heavy atom. The van der Waals surface area contributed by atoms with Crippen LogP contribution < -0.4 is 4.74 Å². The third kappa shape index (κ3) is 4.43. The summed E-state index contributed by atoms with van der Waals surface area (Å²) in [4.78, 5) is 15.4. The zero-order valence-corrected chi connectivity index (χ0v) is 16.5. The number of nitrogens with zero attached hydrogens (tertiary/aromatic N) is 3. The lowest BCUT2D eigenvalue weighted by Gasteiger charge is -2.09. The number of aromatic nitrogens is 3. The first-order valence-corrected chi connectivity index (χ1v) is 9.82. The van der Waals surface area contributed by atoms with Crippen molar-refractivity contribution in [1.82, 2.24) is 14.8 Å². The minimum atomic E-state index is -4.90. The molecule has 0 bridgehead atoms. The normalized spacial score (nSPS) is 11.5. The highest BCUT2D eigenvalue weighted by atomic mass is 32.1. The lowest BCUT2D eigenvalue weighted by molar-refractivity contribution is -0.143. The maximum atomic E-state index is 13.4. The van der Waals surface area contributed by atoms with Gasteiger partial charge in [0.1, 0.15) is 17.9 Å². The van der Waals surface area contributed by atoms with Crippen LogP contribution in [0, 0.1) is 0 Å². The fraction of sp³-hybridized carbons (Fsp3) is 0.0952. The Morgan fingerprint density at radius 3 is 2.61 bits per heavy atom. The third-order valence-electron chi connectivity index (χ3n) is 4.32. The van der Waals surface area contributed by atoms with E-state index in [-0.39, 0.29) is 5.13 Å². The molecule has 1 N–H and O–H groups in total. The van der Waals surface area contributed by atoms with Crippen LogP contribution in [-0.4, -0.2) is 25.8 Å². The number of aromatic carboxylic acids is 1. The Morgan fingerprint density at radius 1 is 1.13 bits per heavy atom. The van der Waals surface area contributed by atoms with Crippen molar-refractivity contribution in [1.29, 1.82) is 0 Å². The van der Waals surface area contributed by atoms with Crippen LogP contribution in [0.2, 0.25) is 0 Å². The highest BCUT2D eigenvalue weighted by Gasteiger charge is 2.41. The SMILES string of the molecule is O=C(O)c1cnn(-c2nc(-c3cccc(OCc4ccccc4)c3)cs2)c1C(F)(F)F. The largest absolute Gasteiger partial charge is 0.489 e. The second-order valence-electron chi connectivity index (χ2n) is 6.44. The maximum Gasteiger partial charge on any atom is 0.434 e. The number of thiazole rings is 1. The summed E-state index contributed by atoms with van der Waals surface area (Å²) in [6.07, 6.45) is -4.23. The summed E-state index contributed by atoms with van der Waals surface area (Å²) in [5, 5.41) is 14.1. The van der Waals surface area contributed by atoms with Gasteiger partial charge in [-0.25, -0.2) is 14.5 Å². The second kappa shape index (κ2) is 8.23. The molecule has 0 unspecified atom stereocenters. The molecular formula is C21H14F3N3O3S. The van der Waals surface area contributed by atoms with Crippen molar-refractivity contribution in [3.63, 3.8) is 0 Å². The van der Waals surface area contributed by atoms with Crippen LogP contribution in [0.4, 0.5) is 13.2 Å². The minimum absolute atomic E-state index is 0.0922. The Bertz CT molecular complexity index is 1220. The first-order chi connectivity index (χ1) is 14.8. The summed E-state index contributed by atoms with van der Waals surface area (Å²) in [6, 6.07) is 16.6. The van der Waals surface area contributed by atoms with Gasteiger partial charge in [0.25, 0.3) is 0 Å². The number of carboxylic acid groups (broad SMARTS) is 1. The Labute approximate surface area is 178 Å². The van der Waals surface area contributed by atoms with Crippen molar-refractivity contribution in [3.8, 4) is 22.1 Å². The topological polar surface area (TPSA) is 77.2 Å². The van der Waals surface area contributed by atoms with Crippen LogP contribution >= 0.6 is 11.3 Å². The standard InChI is InChI=1S/C21H14F3N3O3S/c22-21(23,24)18-16(19(28)29)10-25-27(18)20-26-17(12-31-20)14-7-4-8-15(9-14)30-11-13-5-2-1-3-6-13/h1-10,12H,11H2,(H,28,29). The molecule has 0 aliphatic heterocycles. The number of hydrogen-bond acceptors (Lipinski definition) is 5. The van der Waals surface area contributed by atoms with Crippen molar-refractivity contribution in [3.05, 3.63) is 83.0 Å². The molecule has 0 radical (unpaired) electrons. The van der Waals surface area contributed by atoms with Crippen LogP contribution in [0.3, 0.4) is 0 Å². The van der Waals surface area contributed by atoms with Crippen LogP contribution in [0.1, 0.15) is 21.6 Å². The smallest absolute Gasteiger partial charge is 0.434 e. The average Bonchev–Trinajstić information content (AvgIpc) is 3.40. The molecule has 2 aromatic heterocycles. The predicted octanol–water partition coefficient (Wildman–Crippen LogP) is 5.29. The van der Waals surface area contributed by atoms with Gasteiger partial charge in [-0.05, 0) is 17.7 Å². The van der Waals surface area contributed by atoms with Gasteiger partial charge in [-0.2, -0.15) is 18.3 Å². The lowest BCUT2D eigenvalue weighted by Crippen LogP contribution is -2.17. The molecule has 2 aromatic carbocycles. The zero-order valence-electron chi connectivity index (χ0n) is 15.7. The van der Waals surface area contributed by atoms with Crippen LogP contribution in [0.25, 0.3) is 16.4 Å². The number of carboxylic acids is 1. The van der Waals surface area contributed by atoms with E-state index in [4.69, 9.17) is 9.84 Å². The van der Waals surface area contributed by atoms with E-state index in [1.54, 1.807) is 29.6 Å². The van der Waals surface area contributed by atoms with Gasteiger partial charge >= 0.3 is 12.1 Å². The molecule has 31 heavy (non-hydrogen) atoms. The van der Waals surface area contributed by atoms with Crippen molar-refractivity contribution >= 4 is 17.3 Å². The fourth-order valence-electron chi connectivity index (χ4n) is 2.90. The number of ether oxygens (including phenoxy) is 1. The number of carbonyl (C=O) groups is 1. The van der Waals surface area contributed by atoms with E-state index in [1.165, 1.54) is 0 Å². The van der Waals surface area contributed by atoms with E-state index in [2.05, 4.69) is 10.1 Å². The summed E-state index contributed by atoms with van der Waals surface area (Å²) in [6.45, 7) is 0.368. The number of benzene rings is 2. The van der Waals surface area contributed by atoms with Gasteiger partial charge in [0.2, 0.25) is 5.13 Å². The second-order valence-corrected chi connectivity index (χ2v) is 7.28. The molecular weight excluding hydrogens is 431 g/mol.